The molecule has 2 heterocycles. The Morgan fingerprint density at radius 1 is 1.05 bits per heavy atom. The smallest absolute Gasteiger partial charge is 0.234 e. The molecule has 0 unspecified atom stereocenters. The van der Waals surface area contributed by atoms with Crippen LogP contribution in [-0.2, 0) is 0 Å². The Morgan fingerprint density at radius 3 is 2.35 bits per heavy atom. The third kappa shape index (κ3) is 3.11. The Bertz CT molecular complexity index is 642. The number of aromatic nitrogens is 3. The fourth-order valence-electron chi connectivity index (χ4n) is 2.01. The fourth-order valence-corrected chi connectivity index (χ4v) is 2.01. The van der Waals surface area contributed by atoms with Gasteiger partial charge in [0.1, 0.15) is 0 Å². The first-order valence-corrected chi connectivity index (χ1v) is 6.14. The molecule has 0 saturated heterocycles. The number of fused-ring (bicyclic) bond motifs is 1. The number of rotatable bonds is 2. The molecule has 3 nitrogen and oxygen atoms in total. The van der Waals surface area contributed by atoms with E-state index < -0.39 is 0 Å². The largest absolute Gasteiger partial charge is 0.291 e. The lowest BCUT2D eigenvalue weighted by molar-refractivity contribution is 0.867. The Hall–Kier alpha value is -1.58. The zero-order valence-electron chi connectivity index (χ0n) is 11.4. The summed E-state index contributed by atoms with van der Waals surface area (Å²) in [6.45, 7) is 4.40. The molecule has 2 aromatic heterocycles. The Labute approximate surface area is 130 Å². The van der Waals surface area contributed by atoms with Crippen LogP contribution >= 0.6 is 24.8 Å². The number of imidazole rings is 1. The van der Waals surface area contributed by atoms with E-state index in [1.807, 2.05) is 22.9 Å². The van der Waals surface area contributed by atoms with Gasteiger partial charge in [0.2, 0.25) is 5.78 Å². The van der Waals surface area contributed by atoms with E-state index in [1.165, 1.54) is 5.56 Å². The second kappa shape index (κ2) is 6.73. The lowest BCUT2D eigenvalue weighted by atomic mass is 10.0. The van der Waals surface area contributed by atoms with Crippen LogP contribution in [0.5, 0.6) is 0 Å². The van der Waals surface area contributed by atoms with Gasteiger partial charge < -0.3 is 0 Å². The van der Waals surface area contributed by atoms with Crippen LogP contribution in [-0.4, -0.2) is 14.4 Å². The molecule has 0 atom stereocenters. The minimum absolute atomic E-state index is 0. The van der Waals surface area contributed by atoms with Gasteiger partial charge in [-0.3, -0.25) is 4.40 Å². The van der Waals surface area contributed by atoms with Crippen molar-refractivity contribution in [2.45, 2.75) is 19.8 Å². The summed E-state index contributed by atoms with van der Waals surface area (Å²) in [5.74, 6) is 1.29. The molecule has 3 aromatic rings. The third-order valence-electron chi connectivity index (χ3n) is 3.11. The second-order valence-corrected chi connectivity index (χ2v) is 4.73. The molecule has 1 aromatic carbocycles. The molecule has 106 valence electrons. The standard InChI is InChI=1S/C15H15N3.2ClH/c1-11(2)12-4-6-13(7-5-12)14-10-18-9-3-8-16-15(18)17-14;;/h3-11H,1-2H3;2*1H. The predicted molar refractivity (Wildman–Crippen MR) is 87.0 cm³/mol. The van der Waals surface area contributed by atoms with Crippen LogP contribution < -0.4 is 0 Å². The minimum atomic E-state index is 0. The van der Waals surface area contributed by atoms with E-state index in [0.29, 0.717) is 5.92 Å². The van der Waals surface area contributed by atoms with Crippen LogP contribution in [0.15, 0.2) is 48.9 Å². The van der Waals surface area contributed by atoms with E-state index in [4.69, 9.17) is 0 Å². The average Bonchev–Trinajstić information content (AvgIpc) is 2.82. The molecular formula is C15H17Cl2N3. The quantitative estimate of drug-likeness (QED) is 0.704. The molecule has 0 amide bonds. The molecule has 0 aliphatic rings. The summed E-state index contributed by atoms with van der Waals surface area (Å²) in [6, 6.07) is 10.5. The van der Waals surface area contributed by atoms with Crippen LogP contribution in [0.3, 0.4) is 0 Å². The fraction of sp³-hybridized carbons (Fsp3) is 0.200. The third-order valence-corrected chi connectivity index (χ3v) is 3.11. The molecule has 5 heteroatoms. The van der Waals surface area contributed by atoms with Crippen LogP contribution in [0.4, 0.5) is 0 Å². The van der Waals surface area contributed by atoms with Gasteiger partial charge in [-0.2, -0.15) is 0 Å². The molecule has 0 fully saturated rings. The monoisotopic (exact) mass is 309 g/mol. The topological polar surface area (TPSA) is 30.2 Å². The number of benzene rings is 1. The van der Waals surface area contributed by atoms with Crippen molar-refractivity contribution in [2.75, 3.05) is 0 Å². The zero-order valence-corrected chi connectivity index (χ0v) is 13.0. The first-order chi connectivity index (χ1) is 8.74. The Balaban J connectivity index is 0.000001000. The van der Waals surface area contributed by atoms with Crippen LogP contribution in [0.1, 0.15) is 25.3 Å². The number of hydrogen-bond acceptors (Lipinski definition) is 2. The SMILES string of the molecule is CC(C)c1ccc(-c2cn3cccnc3n2)cc1.Cl.Cl. The highest BCUT2D eigenvalue weighted by Crippen LogP contribution is 2.21. The number of nitrogens with zero attached hydrogens (tertiary/aromatic N) is 3. The summed E-state index contributed by atoms with van der Waals surface area (Å²) in [6.07, 6.45) is 5.72. The van der Waals surface area contributed by atoms with Crippen molar-refractivity contribution in [3.05, 3.63) is 54.5 Å². The van der Waals surface area contributed by atoms with Crippen molar-refractivity contribution >= 4 is 30.6 Å². The molecule has 0 aliphatic heterocycles. The average molecular weight is 310 g/mol. The predicted octanol–water partition coefficient (Wildman–Crippen LogP) is 4.36. The molecule has 0 N–H and O–H groups in total. The van der Waals surface area contributed by atoms with Crippen LogP contribution in [0.25, 0.3) is 17.0 Å². The molecule has 0 spiro atoms. The minimum Gasteiger partial charge on any atom is -0.291 e. The maximum atomic E-state index is 4.51. The van der Waals surface area contributed by atoms with E-state index in [0.717, 1.165) is 17.0 Å². The highest BCUT2D eigenvalue weighted by Gasteiger charge is 2.05. The van der Waals surface area contributed by atoms with Crippen molar-refractivity contribution < 1.29 is 0 Å². The van der Waals surface area contributed by atoms with Gasteiger partial charge in [0.15, 0.2) is 0 Å². The normalized spacial score (nSPS) is 10.2. The van der Waals surface area contributed by atoms with Crippen LogP contribution in [0, 0.1) is 0 Å². The van der Waals surface area contributed by atoms with E-state index >= 15 is 0 Å². The van der Waals surface area contributed by atoms with E-state index in [2.05, 4.69) is 48.1 Å². The summed E-state index contributed by atoms with van der Waals surface area (Å²) < 4.78 is 1.94. The van der Waals surface area contributed by atoms with Crippen molar-refractivity contribution in [1.29, 1.82) is 0 Å². The summed E-state index contributed by atoms with van der Waals surface area (Å²) in [5.41, 5.74) is 3.44. The van der Waals surface area contributed by atoms with Gasteiger partial charge in [-0.25, -0.2) is 9.97 Å². The first kappa shape index (κ1) is 16.5. The van der Waals surface area contributed by atoms with Gasteiger partial charge in [-0.05, 0) is 17.5 Å². The summed E-state index contributed by atoms with van der Waals surface area (Å²) in [5, 5.41) is 0. The van der Waals surface area contributed by atoms with Gasteiger partial charge in [0.25, 0.3) is 0 Å². The highest BCUT2D eigenvalue weighted by atomic mass is 35.5. The van der Waals surface area contributed by atoms with Gasteiger partial charge in [-0.15, -0.1) is 24.8 Å². The Kier molecular flexibility index (Phi) is 5.54. The van der Waals surface area contributed by atoms with Gasteiger partial charge in [0.05, 0.1) is 5.69 Å². The number of halogens is 2. The lowest BCUT2D eigenvalue weighted by Crippen LogP contribution is -1.86. The van der Waals surface area contributed by atoms with Crippen LogP contribution in [0.2, 0.25) is 0 Å². The van der Waals surface area contributed by atoms with Crippen molar-refractivity contribution in [3.8, 4) is 11.3 Å². The van der Waals surface area contributed by atoms with Gasteiger partial charge in [-0.1, -0.05) is 38.1 Å². The lowest BCUT2D eigenvalue weighted by Gasteiger charge is -2.05. The molecule has 0 radical (unpaired) electrons. The van der Waals surface area contributed by atoms with Crippen molar-refractivity contribution in [1.82, 2.24) is 14.4 Å². The van der Waals surface area contributed by atoms with Crippen molar-refractivity contribution in [2.24, 2.45) is 0 Å². The summed E-state index contributed by atoms with van der Waals surface area (Å²) in [4.78, 5) is 8.73. The second-order valence-electron chi connectivity index (χ2n) is 4.73. The molecular weight excluding hydrogens is 293 g/mol. The first-order valence-electron chi connectivity index (χ1n) is 6.14. The molecule has 0 bridgehead atoms. The van der Waals surface area contributed by atoms with Crippen molar-refractivity contribution in [3.63, 3.8) is 0 Å². The maximum Gasteiger partial charge on any atom is 0.234 e. The van der Waals surface area contributed by atoms with E-state index in [-0.39, 0.29) is 24.8 Å². The maximum absolute atomic E-state index is 4.51. The van der Waals surface area contributed by atoms with Gasteiger partial charge in [0, 0.05) is 24.2 Å². The van der Waals surface area contributed by atoms with E-state index in [1.54, 1.807) is 6.20 Å². The zero-order chi connectivity index (χ0) is 12.5. The molecule has 3 rings (SSSR count). The van der Waals surface area contributed by atoms with E-state index in [9.17, 15) is 0 Å². The molecule has 0 aliphatic carbocycles. The summed E-state index contributed by atoms with van der Waals surface area (Å²) in [7, 11) is 0. The highest BCUT2D eigenvalue weighted by molar-refractivity contribution is 5.85. The summed E-state index contributed by atoms with van der Waals surface area (Å²) >= 11 is 0. The Morgan fingerprint density at radius 2 is 1.75 bits per heavy atom. The van der Waals surface area contributed by atoms with Gasteiger partial charge >= 0.3 is 0 Å². The molecule has 0 saturated carbocycles. The number of hydrogen-bond donors (Lipinski definition) is 0. The molecule has 20 heavy (non-hydrogen) atoms.